The lowest BCUT2D eigenvalue weighted by molar-refractivity contribution is 0.0320. The Morgan fingerprint density at radius 1 is 1.07 bits per heavy atom. The van der Waals surface area contributed by atoms with Gasteiger partial charge < -0.3 is 14.6 Å². The highest BCUT2D eigenvalue weighted by molar-refractivity contribution is 5.86. The van der Waals surface area contributed by atoms with Crippen molar-refractivity contribution in [1.82, 2.24) is 14.7 Å². The van der Waals surface area contributed by atoms with Gasteiger partial charge in [-0.25, -0.2) is 4.68 Å². The molecule has 2 heterocycles. The minimum atomic E-state index is 0. The van der Waals surface area contributed by atoms with E-state index in [1.165, 1.54) is 0 Å². The molecule has 0 atom stereocenters. The summed E-state index contributed by atoms with van der Waals surface area (Å²) in [6.07, 6.45) is 0. The number of morpholine rings is 1. The number of rotatable bonds is 5. The number of phenols is 1. The maximum atomic E-state index is 9.60. The van der Waals surface area contributed by atoms with Gasteiger partial charge in [0.15, 0.2) is 0 Å². The minimum Gasteiger partial charge on any atom is -0.508 e. The molecule has 3 aromatic rings. The molecule has 0 saturated carbocycles. The standard InChI is InChI=1S/C20H23N3O3.ClH/c1-15-12-20(26-11-8-22-6-9-25-10-7-22)21-23(15)18-4-2-17-14-19(24)5-3-16(17)13-18;/h2-5,12-14,24H,6-11H2,1H3;1H. The Balaban J connectivity index is 0.00000210. The monoisotopic (exact) mass is 389 g/mol. The van der Waals surface area contributed by atoms with E-state index in [1.807, 2.05) is 35.9 Å². The highest BCUT2D eigenvalue weighted by Gasteiger charge is 2.12. The van der Waals surface area contributed by atoms with Crippen molar-refractivity contribution in [3.05, 3.63) is 48.2 Å². The fourth-order valence-electron chi connectivity index (χ4n) is 3.23. The molecule has 4 rings (SSSR count). The van der Waals surface area contributed by atoms with Gasteiger partial charge in [0.25, 0.3) is 0 Å². The highest BCUT2D eigenvalue weighted by Crippen LogP contribution is 2.24. The van der Waals surface area contributed by atoms with E-state index in [9.17, 15) is 5.11 Å². The third-order valence-corrected chi connectivity index (χ3v) is 4.68. The Morgan fingerprint density at radius 2 is 1.81 bits per heavy atom. The first-order valence-corrected chi connectivity index (χ1v) is 8.92. The van der Waals surface area contributed by atoms with E-state index in [1.54, 1.807) is 12.1 Å². The predicted molar refractivity (Wildman–Crippen MR) is 107 cm³/mol. The molecule has 1 aromatic heterocycles. The molecule has 0 amide bonds. The SMILES string of the molecule is Cc1cc(OCCN2CCOCC2)nn1-c1ccc2cc(O)ccc2c1.Cl. The van der Waals surface area contributed by atoms with Crippen molar-refractivity contribution in [3.8, 4) is 17.3 Å². The predicted octanol–water partition coefficient (Wildman–Crippen LogP) is 3.17. The minimum absolute atomic E-state index is 0. The average Bonchev–Trinajstić information content (AvgIpc) is 3.03. The molecule has 1 N–H and O–H groups in total. The largest absolute Gasteiger partial charge is 0.508 e. The lowest BCUT2D eigenvalue weighted by atomic mass is 10.1. The maximum Gasteiger partial charge on any atom is 0.233 e. The van der Waals surface area contributed by atoms with Crippen molar-refractivity contribution in [2.45, 2.75) is 6.92 Å². The van der Waals surface area contributed by atoms with Gasteiger partial charge in [-0.2, -0.15) is 0 Å². The molecule has 6 nitrogen and oxygen atoms in total. The van der Waals surface area contributed by atoms with E-state index in [-0.39, 0.29) is 18.2 Å². The van der Waals surface area contributed by atoms with Crippen LogP contribution in [0.5, 0.6) is 11.6 Å². The smallest absolute Gasteiger partial charge is 0.233 e. The summed E-state index contributed by atoms with van der Waals surface area (Å²) >= 11 is 0. The normalized spacial score (nSPS) is 14.9. The van der Waals surface area contributed by atoms with Gasteiger partial charge in [-0.3, -0.25) is 4.90 Å². The quantitative estimate of drug-likeness (QED) is 0.726. The summed E-state index contributed by atoms with van der Waals surface area (Å²) in [7, 11) is 0. The Labute approximate surface area is 164 Å². The van der Waals surface area contributed by atoms with Crippen LogP contribution in [0.4, 0.5) is 0 Å². The second-order valence-electron chi connectivity index (χ2n) is 6.55. The van der Waals surface area contributed by atoms with E-state index in [0.29, 0.717) is 12.5 Å². The van der Waals surface area contributed by atoms with Crippen LogP contribution in [0, 0.1) is 6.92 Å². The van der Waals surface area contributed by atoms with E-state index < -0.39 is 0 Å². The number of aryl methyl sites for hydroxylation is 1. The van der Waals surface area contributed by atoms with E-state index in [4.69, 9.17) is 9.47 Å². The molecule has 27 heavy (non-hydrogen) atoms. The molecule has 0 unspecified atom stereocenters. The number of benzene rings is 2. The lowest BCUT2D eigenvalue weighted by Crippen LogP contribution is -2.38. The fourth-order valence-corrected chi connectivity index (χ4v) is 3.23. The fraction of sp³-hybridized carbons (Fsp3) is 0.350. The van der Waals surface area contributed by atoms with Crippen LogP contribution in [0.1, 0.15) is 5.69 Å². The molecule has 144 valence electrons. The molecule has 1 saturated heterocycles. The Hall–Kier alpha value is -2.28. The Morgan fingerprint density at radius 3 is 2.63 bits per heavy atom. The van der Waals surface area contributed by atoms with Crippen LogP contribution in [-0.4, -0.2) is 59.2 Å². The van der Waals surface area contributed by atoms with Crippen molar-refractivity contribution in [2.24, 2.45) is 0 Å². The summed E-state index contributed by atoms with van der Waals surface area (Å²) in [6, 6.07) is 13.4. The van der Waals surface area contributed by atoms with Crippen LogP contribution >= 0.6 is 12.4 Å². The van der Waals surface area contributed by atoms with Gasteiger partial charge in [0.2, 0.25) is 5.88 Å². The van der Waals surface area contributed by atoms with Gasteiger partial charge in [0, 0.05) is 31.4 Å². The first-order valence-electron chi connectivity index (χ1n) is 8.92. The number of aromatic hydroxyl groups is 1. The summed E-state index contributed by atoms with van der Waals surface area (Å²) < 4.78 is 13.1. The first kappa shape index (κ1) is 19.5. The van der Waals surface area contributed by atoms with Gasteiger partial charge in [-0.05, 0) is 42.0 Å². The van der Waals surface area contributed by atoms with E-state index in [0.717, 1.165) is 55.0 Å². The zero-order valence-corrected chi connectivity index (χ0v) is 16.1. The van der Waals surface area contributed by atoms with E-state index >= 15 is 0 Å². The number of fused-ring (bicyclic) bond motifs is 1. The first-order chi connectivity index (χ1) is 12.7. The van der Waals surface area contributed by atoms with Crippen molar-refractivity contribution >= 4 is 23.2 Å². The Bertz CT molecular complexity index is 907. The lowest BCUT2D eigenvalue weighted by Gasteiger charge is -2.26. The van der Waals surface area contributed by atoms with Gasteiger partial charge >= 0.3 is 0 Å². The van der Waals surface area contributed by atoms with Crippen molar-refractivity contribution in [1.29, 1.82) is 0 Å². The second-order valence-corrected chi connectivity index (χ2v) is 6.55. The van der Waals surface area contributed by atoms with Crippen LogP contribution in [-0.2, 0) is 4.74 Å². The number of phenolic OH excluding ortho intramolecular Hbond substituents is 1. The Kier molecular flexibility index (Phi) is 6.21. The van der Waals surface area contributed by atoms with Crippen molar-refractivity contribution in [2.75, 3.05) is 39.5 Å². The maximum absolute atomic E-state index is 9.60. The zero-order chi connectivity index (χ0) is 17.9. The summed E-state index contributed by atoms with van der Waals surface area (Å²) in [5, 5.41) is 16.2. The number of hydrogen-bond acceptors (Lipinski definition) is 5. The number of nitrogens with zero attached hydrogens (tertiary/aromatic N) is 3. The number of hydrogen-bond donors (Lipinski definition) is 1. The number of ether oxygens (including phenoxy) is 2. The summed E-state index contributed by atoms with van der Waals surface area (Å²) in [4.78, 5) is 2.34. The summed E-state index contributed by atoms with van der Waals surface area (Å²) in [5.74, 6) is 0.915. The van der Waals surface area contributed by atoms with Crippen LogP contribution in [0.15, 0.2) is 42.5 Å². The third-order valence-electron chi connectivity index (χ3n) is 4.68. The molecule has 1 aliphatic rings. The number of aromatic nitrogens is 2. The van der Waals surface area contributed by atoms with Crippen molar-refractivity contribution < 1.29 is 14.6 Å². The molecule has 2 aromatic carbocycles. The van der Waals surface area contributed by atoms with Gasteiger partial charge in [0.1, 0.15) is 12.4 Å². The van der Waals surface area contributed by atoms with Crippen LogP contribution in [0.2, 0.25) is 0 Å². The molecule has 1 aliphatic heterocycles. The van der Waals surface area contributed by atoms with Crippen LogP contribution < -0.4 is 4.74 Å². The van der Waals surface area contributed by atoms with Gasteiger partial charge in [-0.1, -0.05) is 12.1 Å². The van der Waals surface area contributed by atoms with Crippen LogP contribution in [0.25, 0.3) is 16.5 Å². The van der Waals surface area contributed by atoms with Gasteiger partial charge in [-0.15, -0.1) is 17.5 Å². The average molecular weight is 390 g/mol. The summed E-state index contributed by atoms with van der Waals surface area (Å²) in [6.45, 7) is 7.04. The van der Waals surface area contributed by atoms with Crippen LogP contribution in [0.3, 0.4) is 0 Å². The molecule has 0 aliphatic carbocycles. The topological polar surface area (TPSA) is 59.8 Å². The molecular weight excluding hydrogens is 366 g/mol. The molecule has 0 spiro atoms. The molecule has 0 radical (unpaired) electrons. The third kappa shape index (κ3) is 4.53. The summed E-state index contributed by atoms with van der Waals surface area (Å²) in [5.41, 5.74) is 1.99. The molecular formula is C20H24ClN3O3. The zero-order valence-electron chi connectivity index (χ0n) is 15.3. The van der Waals surface area contributed by atoms with Crippen molar-refractivity contribution in [3.63, 3.8) is 0 Å². The molecule has 0 bridgehead atoms. The van der Waals surface area contributed by atoms with E-state index in [2.05, 4.69) is 16.1 Å². The second kappa shape index (κ2) is 8.61. The van der Waals surface area contributed by atoms with Gasteiger partial charge in [0.05, 0.1) is 18.9 Å². The molecule has 1 fully saturated rings. The number of halogens is 1. The highest BCUT2D eigenvalue weighted by atomic mass is 35.5. The molecule has 7 heteroatoms.